The summed E-state index contributed by atoms with van der Waals surface area (Å²) in [4.78, 5) is 24.1. The van der Waals surface area contributed by atoms with E-state index in [4.69, 9.17) is 4.74 Å². The van der Waals surface area contributed by atoms with Crippen LogP contribution in [0.15, 0.2) is 73.3 Å². The lowest BCUT2D eigenvalue weighted by Gasteiger charge is -2.24. The van der Waals surface area contributed by atoms with Crippen LogP contribution in [0.5, 0.6) is 0 Å². The number of fused-ring (bicyclic) bond motifs is 1. The van der Waals surface area contributed by atoms with Crippen molar-refractivity contribution >= 4 is 17.2 Å². The van der Waals surface area contributed by atoms with Crippen molar-refractivity contribution in [3.8, 4) is 0 Å². The van der Waals surface area contributed by atoms with E-state index in [1.54, 1.807) is 12.4 Å². The van der Waals surface area contributed by atoms with Crippen molar-refractivity contribution < 1.29 is 9.53 Å². The number of pyridine rings is 2. The van der Waals surface area contributed by atoms with Crippen molar-refractivity contribution in [1.82, 2.24) is 19.3 Å². The fourth-order valence-electron chi connectivity index (χ4n) is 4.43. The minimum Gasteiger partial charge on any atom is -0.379 e. The fraction of sp³-hybridized carbons (Fsp3) is 0.296. The number of hydrogen-bond acceptors (Lipinski definition) is 5. The molecule has 1 aromatic carbocycles. The Hall–Kier alpha value is -3.71. The highest BCUT2D eigenvalue weighted by Crippen LogP contribution is 2.21. The number of nitrogens with one attached hydrogen (secondary N) is 1. The maximum absolute atomic E-state index is 13.4. The molecule has 0 spiro atoms. The Morgan fingerprint density at radius 1 is 1.15 bits per heavy atom. The van der Waals surface area contributed by atoms with Crippen molar-refractivity contribution in [2.45, 2.75) is 19.9 Å². The van der Waals surface area contributed by atoms with Crippen LogP contribution in [-0.4, -0.2) is 51.5 Å². The molecule has 0 radical (unpaired) electrons. The monoisotopic (exact) mass is 455 g/mol. The molecule has 0 saturated carbocycles. The predicted octanol–water partition coefficient (Wildman–Crippen LogP) is 3.98. The lowest BCUT2D eigenvalue weighted by Crippen LogP contribution is -2.36. The van der Waals surface area contributed by atoms with Crippen molar-refractivity contribution in [2.24, 2.45) is 5.92 Å². The number of aromatic nitrogens is 3. The Labute approximate surface area is 199 Å². The van der Waals surface area contributed by atoms with Gasteiger partial charge in [0.1, 0.15) is 5.65 Å². The normalized spacial score (nSPS) is 16.4. The molecular formula is C27H29N5O2. The molecule has 5 rings (SSSR count). The van der Waals surface area contributed by atoms with Gasteiger partial charge in [-0.2, -0.15) is 0 Å². The second-order valence-corrected chi connectivity index (χ2v) is 8.83. The van der Waals surface area contributed by atoms with Gasteiger partial charge in [0.05, 0.1) is 25.5 Å². The van der Waals surface area contributed by atoms with E-state index in [2.05, 4.69) is 27.5 Å². The molecule has 1 amide bonds. The first kappa shape index (κ1) is 22.1. The van der Waals surface area contributed by atoms with E-state index in [0.717, 1.165) is 29.0 Å². The Kier molecular flexibility index (Phi) is 6.53. The van der Waals surface area contributed by atoms with Gasteiger partial charge in [-0.15, -0.1) is 0 Å². The van der Waals surface area contributed by atoms with E-state index < -0.39 is 0 Å². The zero-order valence-corrected chi connectivity index (χ0v) is 19.4. The number of benzene rings is 1. The summed E-state index contributed by atoms with van der Waals surface area (Å²) < 4.78 is 7.90. The van der Waals surface area contributed by atoms with Gasteiger partial charge in [-0.3, -0.25) is 9.78 Å². The standard InChI is InChI=1S/C27H29N5O2/c1-20-5-7-23(15-25(20)30-16-24-4-2-3-9-28-24)27(33)32-12-13-34-19-22(18-32)14-21-6-8-26-29-10-11-31(26)17-21/h2-11,15,17,22,30H,12-14,16,18-19H2,1H3. The smallest absolute Gasteiger partial charge is 0.254 e. The summed E-state index contributed by atoms with van der Waals surface area (Å²) in [6.45, 7) is 5.13. The van der Waals surface area contributed by atoms with Gasteiger partial charge in [0, 0.05) is 55.0 Å². The largest absolute Gasteiger partial charge is 0.379 e. The van der Waals surface area contributed by atoms with Gasteiger partial charge in [0.2, 0.25) is 0 Å². The molecule has 4 heterocycles. The molecule has 1 unspecified atom stereocenters. The molecule has 1 N–H and O–H groups in total. The number of carbonyl (C=O) groups excluding carboxylic acids is 1. The molecule has 0 bridgehead atoms. The van der Waals surface area contributed by atoms with Crippen LogP contribution in [0.4, 0.5) is 5.69 Å². The topological polar surface area (TPSA) is 71.8 Å². The summed E-state index contributed by atoms with van der Waals surface area (Å²) in [6, 6.07) is 15.9. The average Bonchev–Trinajstić information content (AvgIpc) is 3.21. The highest BCUT2D eigenvalue weighted by molar-refractivity contribution is 5.95. The van der Waals surface area contributed by atoms with E-state index >= 15 is 0 Å². The Morgan fingerprint density at radius 3 is 2.97 bits per heavy atom. The van der Waals surface area contributed by atoms with Gasteiger partial charge in [0.15, 0.2) is 0 Å². The van der Waals surface area contributed by atoms with E-state index in [1.807, 2.05) is 64.9 Å². The van der Waals surface area contributed by atoms with Crippen LogP contribution in [0.1, 0.15) is 27.2 Å². The molecule has 0 aliphatic carbocycles. The molecule has 7 nitrogen and oxygen atoms in total. The number of nitrogens with zero attached hydrogens (tertiary/aromatic N) is 4. The van der Waals surface area contributed by atoms with Crippen LogP contribution in [-0.2, 0) is 17.7 Å². The SMILES string of the molecule is Cc1ccc(C(=O)N2CCOCC(Cc3ccc4nccn4c3)C2)cc1NCc1ccccn1. The first-order valence-electron chi connectivity index (χ1n) is 11.7. The molecule has 7 heteroatoms. The van der Waals surface area contributed by atoms with Gasteiger partial charge in [-0.25, -0.2) is 4.98 Å². The van der Waals surface area contributed by atoms with Crippen molar-refractivity contribution in [3.63, 3.8) is 0 Å². The number of imidazole rings is 1. The minimum atomic E-state index is 0.0430. The number of hydrogen-bond donors (Lipinski definition) is 1. The van der Waals surface area contributed by atoms with Gasteiger partial charge in [-0.1, -0.05) is 18.2 Å². The van der Waals surface area contributed by atoms with Crippen molar-refractivity contribution in [3.05, 3.63) is 95.7 Å². The molecular weight excluding hydrogens is 426 g/mol. The number of amides is 1. The third kappa shape index (κ3) is 5.10. The quantitative estimate of drug-likeness (QED) is 0.476. The van der Waals surface area contributed by atoms with Crippen LogP contribution in [0.3, 0.4) is 0 Å². The molecule has 4 aromatic rings. The molecule has 1 fully saturated rings. The zero-order chi connectivity index (χ0) is 23.3. The number of rotatable bonds is 6. The van der Waals surface area contributed by atoms with E-state index in [-0.39, 0.29) is 11.8 Å². The summed E-state index contributed by atoms with van der Waals surface area (Å²) in [5, 5.41) is 3.43. The maximum atomic E-state index is 13.4. The second-order valence-electron chi connectivity index (χ2n) is 8.83. The fourth-order valence-corrected chi connectivity index (χ4v) is 4.43. The first-order valence-corrected chi connectivity index (χ1v) is 11.7. The Morgan fingerprint density at radius 2 is 2.09 bits per heavy atom. The molecule has 174 valence electrons. The number of carbonyl (C=O) groups is 1. The minimum absolute atomic E-state index is 0.0430. The molecule has 3 aromatic heterocycles. The van der Waals surface area contributed by atoms with E-state index in [0.29, 0.717) is 38.4 Å². The average molecular weight is 456 g/mol. The van der Waals surface area contributed by atoms with E-state index in [1.165, 1.54) is 5.56 Å². The molecule has 34 heavy (non-hydrogen) atoms. The van der Waals surface area contributed by atoms with Gasteiger partial charge in [-0.05, 0) is 54.8 Å². The second kappa shape index (κ2) is 10.1. The van der Waals surface area contributed by atoms with Crippen molar-refractivity contribution in [1.29, 1.82) is 0 Å². The van der Waals surface area contributed by atoms with Crippen LogP contribution in [0.25, 0.3) is 5.65 Å². The van der Waals surface area contributed by atoms with Crippen molar-refractivity contribution in [2.75, 3.05) is 31.6 Å². The van der Waals surface area contributed by atoms with Crippen LogP contribution >= 0.6 is 0 Å². The molecule has 1 saturated heterocycles. The molecule has 1 aliphatic rings. The lowest BCUT2D eigenvalue weighted by molar-refractivity contribution is 0.0737. The molecule has 1 atom stereocenters. The first-order chi connectivity index (χ1) is 16.7. The third-order valence-electron chi connectivity index (χ3n) is 6.27. The molecule has 1 aliphatic heterocycles. The highest BCUT2D eigenvalue weighted by atomic mass is 16.5. The summed E-state index contributed by atoms with van der Waals surface area (Å²) in [6.07, 6.45) is 8.50. The Balaban J connectivity index is 1.27. The third-order valence-corrected chi connectivity index (χ3v) is 6.27. The van der Waals surface area contributed by atoms with Gasteiger partial charge < -0.3 is 19.4 Å². The zero-order valence-electron chi connectivity index (χ0n) is 19.4. The Bertz CT molecular complexity index is 1270. The number of ether oxygens (including phenoxy) is 1. The summed E-state index contributed by atoms with van der Waals surface area (Å²) in [5.74, 6) is 0.279. The van der Waals surface area contributed by atoms with E-state index in [9.17, 15) is 4.79 Å². The lowest BCUT2D eigenvalue weighted by atomic mass is 10.00. The summed E-state index contributed by atoms with van der Waals surface area (Å²) >= 11 is 0. The van der Waals surface area contributed by atoms with Crippen LogP contribution in [0.2, 0.25) is 0 Å². The number of aryl methyl sites for hydroxylation is 1. The highest BCUT2D eigenvalue weighted by Gasteiger charge is 2.24. The number of anilines is 1. The van der Waals surface area contributed by atoms with Gasteiger partial charge in [0.25, 0.3) is 5.91 Å². The summed E-state index contributed by atoms with van der Waals surface area (Å²) in [5.41, 5.74) is 5.84. The van der Waals surface area contributed by atoms with Crippen LogP contribution < -0.4 is 5.32 Å². The van der Waals surface area contributed by atoms with Gasteiger partial charge >= 0.3 is 0 Å². The summed E-state index contributed by atoms with van der Waals surface area (Å²) in [7, 11) is 0. The van der Waals surface area contributed by atoms with Crippen LogP contribution in [0, 0.1) is 12.8 Å². The predicted molar refractivity (Wildman–Crippen MR) is 132 cm³/mol. The maximum Gasteiger partial charge on any atom is 0.254 e.